The lowest BCUT2D eigenvalue weighted by molar-refractivity contribution is -0.542. The lowest BCUT2D eigenvalue weighted by Crippen LogP contribution is -2.22. The lowest BCUT2D eigenvalue weighted by Gasteiger charge is -1.90. The molecule has 0 aliphatic carbocycles. The standard InChI is InChI=1S/C7H14N2O/c1-7-8(2)3-4-9(7)5-6-10/h3,10H,4-6H2,1-2H3/q+2. The molecule has 0 radical (unpaired) electrons. The molecular weight excluding hydrogens is 128 g/mol. The first kappa shape index (κ1) is 7.41. The van der Waals surface area contributed by atoms with Crippen molar-refractivity contribution < 1.29 is 14.3 Å². The number of nitrogens with zero attached hydrogens (tertiary/aromatic N) is 2. The van der Waals surface area contributed by atoms with Crippen LogP contribution in [-0.4, -0.2) is 53.1 Å². The van der Waals surface area contributed by atoms with E-state index in [9.17, 15) is 0 Å². The third kappa shape index (κ3) is 1.24. The summed E-state index contributed by atoms with van der Waals surface area (Å²) in [7, 11) is 2.02. The molecule has 0 aromatic rings. The maximum atomic E-state index is 8.64. The van der Waals surface area contributed by atoms with Gasteiger partial charge >= 0.3 is 5.84 Å². The van der Waals surface area contributed by atoms with Gasteiger partial charge in [-0.2, -0.15) is 4.58 Å². The molecule has 1 N–H and O–H groups in total. The highest BCUT2D eigenvalue weighted by Gasteiger charge is 2.23. The maximum absolute atomic E-state index is 8.64. The van der Waals surface area contributed by atoms with Crippen LogP contribution in [0.3, 0.4) is 0 Å². The second-order valence-electron chi connectivity index (χ2n) is 2.51. The molecule has 0 spiro atoms. The van der Waals surface area contributed by atoms with Gasteiger partial charge in [-0.05, 0) is 0 Å². The zero-order valence-corrected chi connectivity index (χ0v) is 6.54. The van der Waals surface area contributed by atoms with E-state index >= 15 is 0 Å². The largest absolute Gasteiger partial charge is 0.409 e. The van der Waals surface area contributed by atoms with Crippen molar-refractivity contribution in [2.45, 2.75) is 6.92 Å². The molecule has 1 rings (SSSR count). The number of β-amino-alcohol motifs (C(OH)–C–C–N with tert-alkyl or cyclic N) is 1. The highest BCUT2D eigenvalue weighted by molar-refractivity contribution is 5.74. The van der Waals surface area contributed by atoms with Crippen molar-refractivity contribution in [1.82, 2.24) is 0 Å². The van der Waals surface area contributed by atoms with Crippen LogP contribution in [-0.2, 0) is 0 Å². The molecule has 1 aliphatic heterocycles. The van der Waals surface area contributed by atoms with Crippen LogP contribution in [0.15, 0.2) is 0 Å². The SMILES string of the molecule is CC1=[N+](CCO)CC=[N+]1C. The van der Waals surface area contributed by atoms with Gasteiger partial charge in [-0.15, -0.1) is 4.58 Å². The number of hydrogen-bond acceptors (Lipinski definition) is 1. The molecule has 1 heterocycles. The Morgan fingerprint density at radius 1 is 1.70 bits per heavy atom. The molecule has 0 saturated heterocycles. The van der Waals surface area contributed by atoms with Crippen molar-refractivity contribution in [1.29, 1.82) is 0 Å². The maximum Gasteiger partial charge on any atom is 0.409 e. The average molecular weight is 142 g/mol. The van der Waals surface area contributed by atoms with Gasteiger partial charge in [-0.3, -0.25) is 0 Å². The van der Waals surface area contributed by atoms with E-state index in [2.05, 4.69) is 22.3 Å². The Balaban J connectivity index is 2.64. The Kier molecular flexibility index (Phi) is 2.17. The van der Waals surface area contributed by atoms with Gasteiger partial charge in [0, 0.05) is 0 Å². The zero-order valence-electron chi connectivity index (χ0n) is 6.54. The number of amidine groups is 1. The molecule has 0 aromatic heterocycles. The highest BCUT2D eigenvalue weighted by Crippen LogP contribution is 1.87. The first-order valence-electron chi connectivity index (χ1n) is 3.51. The van der Waals surface area contributed by atoms with E-state index in [1.165, 1.54) is 5.84 Å². The Labute approximate surface area is 60.9 Å². The molecule has 0 fully saturated rings. The van der Waals surface area contributed by atoms with Crippen LogP contribution >= 0.6 is 0 Å². The minimum Gasteiger partial charge on any atom is -0.390 e. The van der Waals surface area contributed by atoms with E-state index in [1.54, 1.807) is 0 Å². The molecule has 0 bridgehead atoms. The molecule has 3 heteroatoms. The Bertz CT molecular complexity index is 194. The van der Waals surface area contributed by atoms with E-state index in [4.69, 9.17) is 5.11 Å². The van der Waals surface area contributed by atoms with E-state index in [0.29, 0.717) is 0 Å². The zero-order chi connectivity index (χ0) is 7.56. The Morgan fingerprint density at radius 3 is 2.80 bits per heavy atom. The fraction of sp³-hybridized carbons (Fsp3) is 0.714. The fourth-order valence-corrected chi connectivity index (χ4v) is 1.08. The van der Waals surface area contributed by atoms with Crippen molar-refractivity contribution in [2.75, 3.05) is 26.7 Å². The summed E-state index contributed by atoms with van der Waals surface area (Å²) in [5, 5.41) is 8.64. The summed E-state index contributed by atoms with van der Waals surface area (Å²) < 4.78 is 4.22. The third-order valence-corrected chi connectivity index (χ3v) is 1.91. The monoisotopic (exact) mass is 142 g/mol. The van der Waals surface area contributed by atoms with Gasteiger partial charge in [0.15, 0.2) is 6.54 Å². The number of hydrogen-bond donors (Lipinski definition) is 1. The van der Waals surface area contributed by atoms with Crippen molar-refractivity contribution in [3.05, 3.63) is 0 Å². The van der Waals surface area contributed by atoms with Crippen molar-refractivity contribution in [2.24, 2.45) is 0 Å². The minimum absolute atomic E-state index is 0.235. The van der Waals surface area contributed by atoms with Gasteiger partial charge in [-0.1, -0.05) is 0 Å². The summed E-state index contributed by atoms with van der Waals surface area (Å²) in [4.78, 5) is 0. The lowest BCUT2D eigenvalue weighted by atomic mass is 10.5. The molecule has 56 valence electrons. The van der Waals surface area contributed by atoms with Crippen molar-refractivity contribution >= 4 is 12.1 Å². The summed E-state index contributed by atoms with van der Waals surface area (Å²) in [6.45, 7) is 3.97. The summed E-state index contributed by atoms with van der Waals surface area (Å²) in [6, 6.07) is 0. The molecule has 0 aromatic carbocycles. The molecule has 3 nitrogen and oxygen atoms in total. The van der Waals surface area contributed by atoms with Gasteiger partial charge in [0.1, 0.15) is 13.7 Å². The van der Waals surface area contributed by atoms with E-state index in [-0.39, 0.29) is 6.61 Å². The molecule has 0 atom stereocenters. The predicted molar refractivity (Wildman–Crippen MR) is 40.0 cm³/mol. The van der Waals surface area contributed by atoms with Crippen LogP contribution in [0.4, 0.5) is 0 Å². The fourth-order valence-electron chi connectivity index (χ4n) is 1.08. The van der Waals surface area contributed by atoms with E-state index in [1.807, 2.05) is 7.05 Å². The van der Waals surface area contributed by atoms with Gasteiger partial charge < -0.3 is 5.11 Å². The van der Waals surface area contributed by atoms with Crippen LogP contribution < -0.4 is 0 Å². The minimum atomic E-state index is 0.235. The molecule has 0 saturated carbocycles. The van der Waals surface area contributed by atoms with Crippen LogP contribution in [0.5, 0.6) is 0 Å². The second kappa shape index (κ2) is 2.92. The van der Waals surface area contributed by atoms with E-state index < -0.39 is 0 Å². The molecule has 0 amide bonds. The first-order valence-corrected chi connectivity index (χ1v) is 3.51. The summed E-state index contributed by atoms with van der Waals surface area (Å²) >= 11 is 0. The second-order valence-corrected chi connectivity index (χ2v) is 2.51. The quantitative estimate of drug-likeness (QED) is 0.499. The Morgan fingerprint density at radius 2 is 2.40 bits per heavy atom. The predicted octanol–water partition coefficient (Wildman–Crippen LogP) is -0.864. The smallest absolute Gasteiger partial charge is 0.390 e. The van der Waals surface area contributed by atoms with Crippen LogP contribution in [0.2, 0.25) is 0 Å². The van der Waals surface area contributed by atoms with Crippen LogP contribution in [0, 0.1) is 0 Å². The van der Waals surface area contributed by atoms with Crippen molar-refractivity contribution in [3.63, 3.8) is 0 Å². The van der Waals surface area contributed by atoms with Crippen molar-refractivity contribution in [3.8, 4) is 0 Å². The summed E-state index contributed by atoms with van der Waals surface area (Å²) in [5.41, 5.74) is 0. The number of rotatable bonds is 2. The van der Waals surface area contributed by atoms with E-state index in [0.717, 1.165) is 13.1 Å². The normalized spacial score (nSPS) is 18.1. The molecule has 10 heavy (non-hydrogen) atoms. The Hall–Kier alpha value is -0.700. The molecule has 0 unspecified atom stereocenters. The average Bonchev–Trinajstić information content (AvgIpc) is 2.20. The van der Waals surface area contributed by atoms with Crippen LogP contribution in [0.1, 0.15) is 6.92 Å². The number of aliphatic hydroxyl groups excluding tert-OH is 1. The van der Waals surface area contributed by atoms with Gasteiger partial charge in [0.05, 0.1) is 6.92 Å². The number of aliphatic hydroxyl groups is 1. The molecule has 1 aliphatic rings. The van der Waals surface area contributed by atoms with Crippen LogP contribution in [0.25, 0.3) is 0 Å². The first-order chi connectivity index (χ1) is 4.75. The van der Waals surface area contributed by atoms with Gasteiger partial charge in [0.25, 0.3) is 0 Å². The summed E-state index contributed by atoms with van der Waals surface area (Å²) in [5.74, 6) is 1.22. The van der Waals surface area contributed by atoms with Gasteiger partial charge in [0.2, 0.25) is 12.8 Å². The third-order valence-electron chi connectivity index (χ3n) is 1.91. The molecular formula is C7H14N2O+2. The topological polar surface area (TPSA) is 26.2 Å². The highest BCUT2D eigenvalue weighted by atomic mass is 16.3. The van der Waals surface area contributed by atoms with Gasteiger partial charge in [-0.25, -0.2) is 0 Å². The summed E-state index contributed by atoms with van der Waals surface area (Å²) in [6.07, 6.45) is 2.10.